The molecule has 0 aliphatic carbocycles. The number of aliphatic carboxylic acids is 1. The van der Waals surface area contributed by atoms with E-state index in [0.717, 1.165) is 6.92 Å². The van der Waals surface area contributed by atoms with E-state index >= 15 is 0 Å². The fourth-order valence-corrected chi connectivity index (χ4v) is 0.203. The van der Waals surface area contributed by atoms with Gasteiger partial charge in [0.25, 0.3) is 5.97 Å². The molecule has 4 amide bonds. The molecule has 0 bridgehead atoms. The molecule has 18 nitrogen and oxygen atoms in total. The van der Waals surface area contributed by atoms with E-state index < -0.39 is 5.97 Å². The topological polar surface area (TPSA) is 274 Å². The fraction of sp³-hybridized carbons (Fsp3) is 0.789. The van der Waals surface area contributed by atoms with Crippen LogP contribution in [0.25, 0.3) is 0 Å². The summed E-state index contributed by atoms with van der Waals surface area (Å²) in [6, 6.07) is 0. The number of hydrogen-bond acceptors (Lipinski definition) is 13. The number of nitrogens with two attached hydrogens (primary N) is 1. The Balaban J connectivity index is -0.0000000222. The van der Waals surface area contributed by atoms with Crippen molar-refractivity contribution in [3.63, 3.8) is 0 Å². The molecule has 0 saturated carbocycles. The van der Waals surface area contributed by atoms with Crippen LogP contribution in [0.1, 0.15) is 138 Å². The van der Waals surface area contributed by atoms with E-state index in [-0.39, 0.29) is 42.4 Å². The largest absolute Gasteiger partial charge is 0.481 e. The average Bonchev–Trinajstić information content (AvgIpc) is 3.21. The van der Waals surface area contributed by atoms with Gasteiger partial charge in [-0.25, -0.2) is 4.79 Å². The van der Waals surface area contributed by atoms with Gasteiger partial charge >= 0.3 is 18.0 Å². The average molecular weight is 831 g/mol. The molecule has 0 atom stereocenters. The van der Waals surface area contributed by atoms with Gasteiger partial charge in [0.1, 0.15) is 0 Å². The van der Waals surface area contributed by atoms with Gasteiger partial charge in [-0.3, -0.25) is 28.8 Å². The number of methoxy groups -OCH3 is 2. The lowest BCUT2D eigenvalue weighted by atomic mass is 10.7. The molecule has 0 aliphatic heterocycles. The number of rotatable bonds is 1. The number of alkyl carbamates (subject to hydrolysis) is 1. The lowest BCUT2D eigenvalue weighted by Gasteiger charge is -1.95. The highest BCUT2D eigenvalue weighted by atomic mass is 16.5. The Morgan fingerprint density at radius 2 is 0.661 bits per heavy atom. The summed E-state index contributed by atoms with van der Waals surface area (Å²) in [5, 5.41) is 24.5. The van der Waals surface area contributed by atoms with Crippen molar-refractivity contribution in [1.29, 1.82) is 0 Å². The van der Waals surface area contributed by atoms with Crippen LogP contribution >= 0.6 is 0 Å². The first-order chi connectivity index (χ1) is 26.2. The van der Waals surface area contributed by atoms with Crippen LogP contribution in [0.5, 0.6) is 0 Å². The molecule has 352 valence electrons. The highest BCUT2D eigenvalue weighted by Gasteiger charge is 1.89. The van der Waals surface area contributed by atoms with Gasteiger partial charge in [-0.05, 0) is 27.6 Å². The number of carboxylic acid groups (broad SMARTS) is 1. The second-order valence-electron chi connectivity index (χ2n) is 5.93. The molecule has 0 heterocycles. The molecule has 0 radical (unpaired) electrons. The summed E-state index contributed by atoms with van der Waals surface area (Å²) in [6.07, 6.45) is -0.373. The SMILES string of the molecule is C=NC.CC.CC.CC.CC.CC.CC.CC(=O)O.CCO.CCOC(=O)NC.CN.CNC(C)=O.CNC(C)=O.CNC(C)=O.COC(C)=O.COC(C)=O. The quantitative estimate of drug-likeness (QED) is 0.0893. The molecule has 0 aromatic carbocycles. The van der Waals surface area contributed by atoms with Crippen LogP contribution in [0.4, 0.5) is 4.79 Å². The molecule has 0 aliphatic rings. The van der Waals surface area contributed by atoms with Crippen LogP contribution in [0.3, 0.4) is 0 Å². The van der Waals surface area contributed by atoms with Gasteiger partial charge in [-0.1, -0.05) is 83.1 Å². The minimum absolute atomic E-state index is 0.00463. The van der Waals surface area contributed by atoms with Gasteiger partial charge in [-0.15, -0.1) is 0 Å². The third-order valence-electron chi connectivity index (χ3n) is 2.11. The Bertz CT molecular complexity index is 574. The normalized spacial score (nSPS) is 5.75. The first-order valence-electron chi connectivity index (χ1n) is 18.4. The molecule has 0 saturated heterocycles. The number of esters is 2. The van der Waals surface area contributed by atoms with Gasteiger partial charge in [0.15, 0.2) is 0 Å². The monoisotopic (exact) mass is 831 g/mol. The van der Waals surface area contributed by atoms with Gasteiger partial charge in [0.2, 0.25) is 17.7 Å². The second kappa shape index (κ2) is 176. The van der Waals surface area contributed by atoms with Gasteiger partial charge in [-0.2, -0.15) is 0 Å². The van der Waals surface area contributed by atoms with Gasteiger partial charge in [0.05, 0.1) is 20.8 Å². The van der Waals surface area contributed by atoms with Crippen LogP contribution in [0, 0.1) is 0 Å². The highest BCUT2D eigenvalue weighted by molar-refractivity contribution is 5.73. The summed E-state index contributed by atoms with van der Waals surface area (Å²) < 4.78 is 12.7. The van der Waals surface area contributed by atoms with Gasteiger partial charge in [0, 0.05) is 83.4 Å². The Morgan fingerprint density at radius 1 is 0.554 bits per heavy atom. The van der Waals surface area contributed by atoms with E-state index in [2.05, 4.69) is 52.9 Å². The number of carboxylic acids is 1. The van der Waals surface area contributed by atoms with E-state index in [1.54, 1.807) is 42.0 Å². The molecule has 0 unspecified atom stereocenters. The predicted octanol–water partition coefficient (Wildman–Crippen LogP) is 6.12. The third-order valence-corrected chi connectivity index (χ3v) is 2.11. The summed E-state index contributed by atoms with van der Waals surface area (Å²) in [4.78, 5) is 70.6. The third kappa shape index (κ3) is 1030. The second-order valence-corrected chi connectivity index (χ2v) is 5.93. The number of nitrogens with one attached hydrogen (secondary N) is 4. The zero-order chi connectivity index (χ0) is 50.1. The number of hydrogen-bond donors (Lipinski definition) is 7. The zero-order valence-electron chi connectivity index (χ0n) is 41.6. The number of aliphatic hydroxyl groups excluding tert-OH is 1. The number of ether oxygens (including phenoxy) is 3. The highest BCUT2D eigenvalue weighted by Crippen LogP contribution is 1.70. The van der Waals surface area contributed by atoms with Crippen molar-refractivity contribution in [2.75, 3.05) is 69.7 Å². The molecule has 0 rings (SSSR count). The lowest BCUT2D eigenvalue weighted by Crippen LogP contribution is -2.18. The van der Waals surface area contributed by atoms with E-state index in [1.807, 2.05) is 83.1 Å². The maximum Gasteiger partial charge on any atom is 0.406 e. The number of carbonyl (C=O) groups excluding carboxylic acids is 6. The van der Waals surface area contributed by atoms with Crippen LogP contribution in [-0.4, -0.2) is 128 Å². The fourth-order valence-electron chi connectivity index (χ4n) is 0.203. The molecule has 0 aromatic heterocycles. The van der Waals surface area contributed by atoms with Crippen molar-refractivity contribution in [3.8, 4) is 0 Å². The van der Waals surface area contributed by atoms with Crippen LogP contribution in [0.2, 0.25) is 0 Å². The Hall–Kier alpha value is -4.32. The summed E-state index contributed by atoms with van der Waals surface area (Å²) in [5.74, 6) is -1.31. The molecule has 56 heavy (non-hydrogen) atoms. The smallest absolute Gasteiger partial charge is 0.406 e. The van der Waals surface area contributed by atoms with Crippen molar-refractivity contribution < 1.29 is 58.0 Å². The van der Waals surface area contributed by atoms with Crippen molar-refractivity contribution in [1.82, 2.24) is 21.3 Å². The molecule has 0 fully saturated rings. The maximum absolute atomic E-state index is 10.1. The Kier molecular flexibility index (Phi) is 327. The molecular formula is C38H98N6O12. The number of carbonyl (C=O) groups is 7. The maximum atomic E-state index is 10.1. The first-order valence-corrected chi connectivity index (χ1v) is 18.4. The van der Waals surface area contributed by atoms with Crippen LogP contribution < -0.4 is 27.0 Å². The van der Waals surface area contributed by atoms with Crippen molar-refractivity contribution in [3.05, 3.63) is 0 Å². The molecule has 8 N–H and O–H groups in total. The molecule has 0 aromatic rings. The van der Waals surface area contributed by atoms with Crippen molar-refractivity contribution in [2.24, 2.45) is 10.7 Å². The van der Waals surface area contributed by atoms with E-state index in [1.165, 1.54) is 62.9 Å². The number of amides is 4. The molecule has 18 heteroatoms. The summed E-state index contributed by atoms with van der Waals surface area (Å²) >= 11 is 0. The minimum atomic E-state index is -0.833. The molecule has 0 spiro atoms. The minimum Gasteiger partial charge on any atom is -0.481 e. The van der Waals surface area contributed by atoms with E-state index in [9.17, 15) is 28.8 Å². The van der Waals surface area contributed by atoms with Crippen LogP contribution in [0.15, 0.2) is 4.99 Å². The van der Waals surface area contributed by atoms with E-state index in [0.29, 0.717) is 6.61 Å². The van der Waals surface area contributed by atoms with Crippen LogP contribution in [-0.2, 0) is 43.0 Å². The summed E-state index contributed by atoms with van der Waals surface area (Å²) in [6.45, 7) is 39.5. The van der Waals surface area contributed by atoms with Gasteiger partial charge < -0.3 is 56.4 Å². The number of aliphatic hydroxyl groups is 1. The summed E-state index contributed by atoms with van der Waals surface area (Å²) in [5.41, 5.74) is 4.50. The number of nitrogens with zero attached hydrogens (tertiary/aromatic N) is 1. The first kappa shape index (κ1) is 104. The zero-order valence-corrected chi connectivity index (χ0v) is 41.6. The molecular weight excluding hydrogens is 732 g/mol. The van der Waals surface area contributed by atoms with Crippen molar-refractivity contribution in [2.45, 2.75) is 138 Å². The predicted molar refractivity (Wildman–Crippen MR) is 240 cm³/mol. The Labute approximate surface area is 346 Å². The van der Waals surface area contributed by atoms with E-state index in [4.69, 9.17) is 15.0 Å². The standard InChI is InChI=1S/C4H9NO2.3C3H7NO.2C3H6O2.C2H5N.C2H4O2.C2H6O.6C2H6.CH5N/c1-3-7-4(6)5-2;3*1-3(5)4-2;2*1-3(4)5-2;1-3-2;1-2(3)4;1-2-3;7*1-2/h3H2,1-2H3,(H,5,6);3*1-2H3,(H,4,5);2*1-2H3;1H2,2H3;1H3,(H,3,4);3H,2H2,1H3;6*1-2H3;2H2,1H3. The summed E-state index contributed by atoms with van der Waals surface area (Å²) in [7, 11) is 12.2. The Morgan fingerprint density at radius 3 is 0.679 bits per heavy atom. The van der Waals surface area contributed by atoms with Crippen molar-refractivity contribution >= 4 is 48.4 Å². The lowest BCUT2D eigenvalue weighted by molar-refractivity contribution is -0.138. The number of aliphatic imine (C=N–C) groups is 1.